The predicted octanol–water partition coefficient (Wildman–Crippen LogP) is 1.70. The standard InChI is InChI=1S/C13H17FN2O/c1-9-2-3-10(8-12(9)14)13(17)16-6-4-11(15)5-7-16/h2-3,8,11H,4-7,15H2,1H3. The number of hydrogen-bond acceptors (Lipinski definition) is 2. The summed E-state index contributed by atoms with van der Waals surface area (Å²) < 4.78 is 13.4. The van der Waals surface area contributed by atoms with Crippen LogP contribution in [0.3, 0.4) is 0 Å². The molecule has 1 aromatic carbocycles. The van der Waals surface area contributed by atoms with E-state index in [1.54, 1.807) is 24.0 Å². The minimum Gasteiger partial charge on any atom is -0.339 e. The molecule has 0 aliphatic carbocycles. The highest BCUT2D eigenvalue weighted by Gasteiger charge is 2.21. The van der Waals surface area contributed by atoms with Gasteiger partial charge in [0.2, 0.25) is 0 Å². The van der Waals surface area contributed by atoms with Crippen molar-refractivity contribution in [3.05, 3.63) is 35.1 Å². The maximum atomic E-state index is 13.4. The van der Waals surface area contributed by atoms with E-state index in [0.717, 1.165) is 12.8 Å². The molecular weight excluding hydrogens is 219 g/mol. The van der Waals surface area contributed by atoms with Gasteiger partial charge in [0, 0.05) is 24.7 Å². The first kappa shape index (κ1) is 12.0. The normalized spacial score (nSPS) is 17.2. The molecule has 3 nitrogen and oxygen atoms in total. The lowest BCUT2D eigenvalue weighted by molar-refractivity contribution is 0.0714. The molecule has 1 heterocycles. The summed E-state index contributed by atoms with van der Waals surface area (Å²) >= 11 is 0. The van der Waals surface area contributed by atoms with Gasteiger partial charge in [-0.15, -0.1) is 0 Å². The lowest BCUT2D eigenvalue weighted by Crippen LogP contribution is -2.42. The van der Waals surface area contributed by atoms with Crippen molar-refractivity contribution in [3.63, 3.8) is 0 Å². The van der Waals surface area contributed by atoms with Crippen LogP contribution in [-0.2, 0) is 0 Å². The maximum absolute atomic E-state index is 13.4. The predicted molar refractivity (Wildman–Crippen MR) is 64.2 cm³/mol. The zero-order valence-electron chi connectivity index (χ0n) is 9.95. The number of amides is 1. The molecule has 1 aromatic rings. The average Bonchev–Trinajstić information content (AvgIpc) is 2.33. The lowest BCUT2D eigenvalue weighted by atomic mass is 10.0. The number of hydrogen-bond donors (Lipinski definition) is 1. The van der Waals surface area contributed by atoms with Crippen LogP contribution in [0.4, 0.5) is 4.39 Å². The van der Waals surface area contributed by atoms with Crippen LogP contribution < -0.4 is 5.73 Å². The monoisotopic (exact) mass is 236 g/mol. The van der Waals surface area contributed by atoms with E-state index in [2.05, 4.69) is 0 Å². The Kier molecular flexibility index (Phi) is 3.43. The van der Waals surface area contributed by atoms with Crippen LogP contribution in [0.2, 0.25) is 0 Å². The van der Waals surface area contributed by atoms with Gasteiger partial charge in [-0.1, -0.05) is 6.07 Å². The molecular formula is C13H17FN2O. The van der Waals surface area contributed by atoms with Crippen LogP contribution in [0.15, 0.2) is 18.2 Å². The molecule has 1 amide bonds. The van der Waals surface area contributed by atoms with Crippen molar-refractivity contribution in [2.75, 3.05) is 13.1 Å². The van der Waals surface area contributed by atoms with E-state index >= 15 is 0 Å². The molecule has 0 spiro atoms. The van der Waals surface area contributed by atoms with E-state index in [4.69, 9.17) is 5.73 Å². The molecule has 0 radical (unpaired) electrons. The summed E-state index contributed by atoms with van der Waals surface area (Å²) in [6, 6.07) is 4.81. The van der Waals surface area contributed by atoms with Gasteiger partial charge in [-0.05, 0) is 37.5 Å². The number of nitrogens with two attached hydrogens (primary N) is 1. The Balaban J connectivity index is 2.11. The summed E-state index contributed by atoms with van der Waals surface area (Å²) in [7, 11) is 0. The Morgan fingerprint density at radius 2 is 2.06 bits per heavy atom. The molecule has 1 aliphatic heterocycles. The first-order valence-electron chi connectivity index (χ1n) is 5.89. The number of rotatable bonds is 1. The zero-order valence-corrected chi connectivity index (χ0v) is 9.95. The molecule has 2 N–H and O–H groups in total. The molecule has 0 saturated carbocycles. The third kappa shape index (κ3) is 2.64. The van der Waals surface area contributed by atoms with Crippen LogP contribution in [0.25, 0.3) is 0 Å². The second-order valence-corrected chi connectivity index (χ2v) is 4.59. The summed E-state index contributed by atoms with van der Waals surface area (Å²) in [4.78, 5) is 13.8. The van der Waals surface area contributed by atoms with Gasteiger partial charge in [0.1, 0.15) is 5.82 Å². The Morgan fingerprint density at radius 1 is 1.41 bits per heavy atom. The first-order valence-corrected chi connectivity index (χ1v) is 5.89. The Hall–Kier alpha value is -1.42. The fourth-order valence-electron chi connectivity index (χ4n) is 2.01. The van der Waals surface area contributed by atoms with Crippen LogP contribution in [0.5, 0.6) is 0 Å². The SMILES string of the molecule is Cc1ccc(C(=O)N2CCC(N)CC2)cc1F. The molecule has 1 fully saturated rings. The van der Waals surface area contributed by atoms with Crippen LogP contribution >= 0.6 is 0 Å². The van der Waals surface area contributed by atoms with Gasteiger partial charge in [0.15, 0.2) is 0 Å². The first-order chi connectivity index (χ1) is 8.08. The lowest BCUT2D eigenvalue weighted by Gasteiger charge is -2.30. The van der Waals surface area contributed by atoms with Gasteiger partial charge in [-0.2, -0.15) is 0 Å². The van der Waals surface area contributed by atoms with Crippen LogP contribution in [-0.4, -0.2) is 29.9 Å². The van der Waals surface area contributed by atoms with Crippen molar-refractivity contribution in [1.29, 1.82) is 0 Å². The molecule has 17 heavy (non-hydrogen) atoms. The highest BCUT2D eigenvalue weighted by atomic mass is 19.1. The quantitative estimate of drug-likeness (QED) is 0.806. The van der Waals surface area contributed by atoms with Crippen molar-refractivity contribution < 1.29 is 9.18 Å². The maximum Gasteiger partial charge on any atom is 0.253 e. The zero-order chi connectivity index (χ0) is 12.4. The van der Waals surface area contributed by atoms with E-state index in [9.17, 15) is 9.18 Å². The second kappa shape index (κ2) is 4.84. The van der Waals surface area contributed by atoms with Gasteiger partial charge in [-0.25, -0.2) is 4.39 Å². The fourth-order valence-corrected chi connectivity index (χ4v) is 2.01. The van der Waals surface area contributed by atoms with Gasteiger partial charge >= 0.3 is 0 Å². The fraction of sp³-hybridized carbons (Fsp3) is 0.462. The van der Waals surface area contributed by atoms with Gasteiger partial charge in [0.25, 0.3) is 5.91 Å². The molecule has 0 unspecified atom stereocenters. The Labute approximate surface area is 100 Å². The molecule has 2 rings (SSSR count). The van der Waals surface area contributed by atoms with Crippen molar-refractivity contribution in [2.45, 2.75) is 25.8 Å². The minimum absolute atomic E-state index is 0.101. The largest absolute Gasteiger partial charge is 0.339 e. The summed E-state index contributed by atoms with van der Waals surface area (Å²) in [5.41, 5.74) is 6.76. The molecule has 1 aliphatic rings. The molecule has 1 saturated heterocycles. The average molecular weight is 236 g/mol. The van der Waals surface area contributed by atoms with Crippen molar-refractivity contribution in [1.82, 2.24) is 4.90 Å². The second-order valence-electron chi connectivity index (χ2n) is 4.59. The van der Waals surface area contributed by atoms with E-state index in [0.29, 0.717) is 24.2 Å². The Morgan fingerprint density at radius 3 is 2.65 bits per heavy atom. The number of halogens is 1. The topological polar surface area (TPSA) is 46.3 Å². The van der Waals surface area contributed by atoms with Crippen LogP contribution in [0.1, 0.15) is 28.8 Å². The number of carbonyl (C=O) groups is 1. The molecule has 0 atom stereocenters. The summed E-state index contributed by atoms with van der Waals surface area (Å²) in [6.45, 7) is 3.01. The van der Waals surface area contributed by atoms with E-state index in [1.807, 2.05) is 0 Å². The van der Waals surface area contributed by atoms with Gasteiger partial charge in [-0.3, -0.25) is 4.79 Å². The van der Waals surface area contributed by atoms with Crippen molar-refractivity contribution in [3.8, 4) is 0 Å². The molecule has 4 heteroatoms. The number of carbonyl (C=O) groups excluding carboxylic acids is 1. The smallest absolute Gasteiger partial charge is 0.253 e. The number of aryl methyl sites for hydroxylation is 1. The van der Waals surface area contributed by atoms with Crippen molar-refractivity contribution >= 4 is 5.91 Å². The van der Waals surface area contributed by atoms with E-state index in [-0.39, 0.29) is 17.8 Å². The number of likely N-dealkylation sites (tertiary alicyclic amines) is 1. The third-order valence-corrected chi connectivity index (χ3v) is 3.25. The highest BCUT2D eigenvalue weighted by Crippen LogP contribution is 2.15. The van der Waals surface area contributed by atoms with E-state index in [1.165, 1.54) is 6.07 Å². The molecule has 0 aromatic heterocycles. The summed E-state index contributed by atoms with van der Waals surface area (Å²) in [5.74, 6) is -0.430. The Bertz CT molecular complexity index is 425. The third-order valence-electron chi connectivity index (χ3n) is 3.25. The summed E-state index contributed by atoms with van der Waals surface area (Å²) in [5, 5.41) is 0. The number of nitrogens with zero attached hydrogens (tertiary/aromatic N) is 1. The van der Waals surface area contributed by atoms with Gasteiger partial charge < -0.3 is 10.6 Å². The van der Waals surface area contributed by atoms with Crippen molar-refractivity contribution in [2.24, 2.45) is 5.73 Å². The molecule has 0 bridgehead atoms. The van der Waals surface area contributed by atoms with Crippen LogP contribution in [0, 0.1) is 12.7 Å². The number of benzene rings is 1. The van der Waals surface area contributed by atoms with E-state index < -0.39 is 0 Å². The number of piperidine rings is 1. The highest BCUT2D eigenvalue weighted by molar-refractivity contribution is 5.94. The summed E-state index contributed by atoms with van der Waals surface area (Å²) in [6.07, 6.45) is 1.64. The minimum atomic E-state index is -0.329. The van der Waals surface area contributed by atoms with Gasteiger partial charge in [0.05, 0.1) is 0 Å². The molecule has 92 valence electrons.